The predicted molar refractivity (Wildman–Crippen MR) is 117 cm³/mol. The first-order chi connectivity index (χ1) is 15.2. The topological polar surface area (TPSA) is 140 Å². The summed E-state index contributed by atoms with van der Waals surface area (Å²) in [5.41, 5.74) is 3.05. The van der Waals surface area contributed by atoms with E-state index in [1.807, 2.05) is 6.07 Å². The van der Waals surface area contributed by atoms with Gasteiger partial charge >= 0.3 is 0 Å². The molecule has 0 atom stereocenters. The lowest BCUT2D eigenvalue weighted by Crippen LogP contribution is -2.02. The maximum atomic E-state index is 9.72. The molecule has 0 amide bonds. The number of hydrogen-bond acceptors (Lipinski definition) is 8. The Bertz CT molecular complexity index is 992. The van der Waals surface area contributed by atoms with Crippen LogP contribution in [0, 0.1) is 0 Å². The fourth-order valence-electron chi connectivity index (χ4n) is 3.60. The number of methoxy groups -OCH3 is 2. The van der Waals surface area contributed by atoms with Crippen LogP contribution in [-0.4, -0.2) is 44.9 Å². The molecule has 3 rings (SSSR count). The zero-order chi connectivity index (χ0) is 23.4. The summed E-state index contributed by atoms with van der Waals surface area (Å²) in [6, 6.07) is 9.32. The van der Waals surface area contributed by atoms with E-state index >= 15 is 0 Å². The van der Waals surface area contributed by atoms with Crippen LogP contribution < -0.4 is 9.47 Å². The van der Waals surface area contributed by atoms with Gasteiger partial charge in [-0.1, -0.05) is 0 Å². The van der Waals surface area contributed by atoms with Gasteiger partial charge in [-0.25, -0.2) is 0 Å². The normalized spacial score (nSPS) is 10.8. The van der Waals surface area contributed by atoms with Crippen LogP contribution in [0.15, 0.2) is 36.4 Å². The van der Waals surface area contributed by atoms with Crippen molar-refractivity contribution in [3.8, 4) is 46.0 Å². The van der Waals surface area contributed by atoms with E-state index in [2.05, 4.69) is 0 Å². The van der Waals surface area contributed by atoms with Gasteiger partial charge in [0.15, 0.2) is 34.5 Å². The van der Waals surface area contributed by atoms with Crippen molar-refractivity contribution in [3.05, 3.63) is 58.7 Å². The molecule has 0 radical (unpaired) electrons. The molecule has 0 aliphatic carbocycles. The molecule has 0 fully saturated rings. The van der Waals surface area contributed by atoms with E-state index in [1.54, 1.807) is 20.3 Å². The lowest BCUT2D eigenvalue weighted by molar-refractivity contribution is 0.367. The lowest BCUT2D eigenvalue weighted by Gasteiger charge is -2.16. The fraction of sp³-hybridized carbons (Fsp3) is 0.250. The average molecular weight is 442 g/mol. The largest absolute Gasteiger partial charge is 0.504 e. The molecule has 0 saturated heterocycles. The Kier molecular flexibility index (Phi) is 6.73. The van der Waals surface area contributed by atoms with E-state index in [1.165, 1.54) is 24.3 Å². The second-order valence-electron chi connectivity index (χ2n) is 7.44. The van der Waals surface area contributed by atoms with E-state index < -0.39 is 11.5 Å². The minimum Gasteiger partial charge on any atom is -0.504 e. The Morgan fingerprint density at radius 3 is 1.16 bits per heavy atom. The second kappa shape index (κ2) is 9.47. The highest BCUT2D eigenvalue weighted by atomic mass is 16.5. The van der Waals surface area contributed by atoms with Crippen LogP contribution >= 0.6 is 0 Å². The van der Waals surface area contributed by atoms with Gasteiger partial charge < -0.3 is 40.1 Å². The van der Waals surface area contributed by atoms with Crippen LogP contribution in [0.5, 0.6) is 46.0 Å². The summed E-state index contributed by atoms with van der Waals surface area (Å²) in [7, 11) is 3.11. The number of aromatic hydroxyl groups is 6. The minimum atomic E-state index is -0.552. The zero-order valence-electron chi connectivity index (χ0n) is 17.8. The molecule has 3 aromatic rings. The molecule has 3 aromatic carbocycles. The van der Waals surface area contributed by atoms with E-state index in [0.717, 1.165) is 11.1 Å². The quantitative estimate of drug-likeness (QED) is 0.291. The van der Waals surface area contributed by atoms with Crippen LogP contribution in [0.3, 0.4) is 0 Å². The van der Waals surface area contributed by atoms with Gasteiger partial charge in [0.2, 0.25) is 0 Å². The van der Waals surface area contributed by atoms with Crippen molar-refractivity contribution in [1.82, 2.24) is 0 Å². The van der Waals surface area contributed by atoms with E-state index in [4.69, 9.17) is 9.47 Å². The maximum Gasteiger partial charge on any atom is 0.200 e. The van der Waals surface area contributed by atoms with Crippen molar-refractivity contribution in [1.29, 1.82) is 0 Å². The van der Waals surface area contributed by atoms with Gasteiger partial charge in [0.1, 0.15) is 11.5 Å². The number of rotatable bonds is 8. The maximum absolute atomic E-state index is 9.72. The molecule has 0 spiro atoms. The van der Waals surface area contributed by atoms with Gasteiger partial charge in [-0.3, -0.25) is 0 Å². The summed E-state index contributed by atoms with van der Waals surface area (Å²) in [5, 5.41) is 57.9. The standard InChI is InChI=1S/C24H26O8/c1-31-21-12-22(32-2)16(6-4-14-9-19(27)24(30)20(28)10-14)11-15(21)5-3-13-7-17(25)23(29)18(26)8-13/h7-12,25-30H,3-6H2,1-2H3. The third-order valence-electron chi connectivity index (χ3n) is 5.31. The summed E-state index contributed by atoms with van der Waals surface area (Å²) >= 11 is 0. The monoisotopic (exact) mass is 442 g/mol. The number of ether oxygens (including phenoxy) is 2. The van der Waals surface area contributed by atoms with E-state index in [9.17, 15) is 30.6 Å². The molecule has 170 valence electrons. The molecule has 8 heteroatoms. The van der Waals surface area contributed by atoms with Crippen LogP contribution in [-0.2, 0) is 25.7 Å². The molecule has 0 heterocycles. The molecule has 0 aliphatic rings. The molecular formula is C24H26O8. The van der Waals surface area contributed by atoms with Crippen LogP contribution in [0.25, 0.3) is 0 Å². The van der Waals surface area contributed by atoms with Gasteiger partial charge in [0, 0.05) is 6.07 Å². The highest BCUT2D eigenvalue weighted by Crippen LogP contribution is 2.38. The number of benzene rings is 3. The third kappa shape index (κ3) is 4.85. The summed E-state index contributed by atoms with van der Waals surface area (Å²) in [6.45, 7) is 0. The van der Waals surface area contributed by atoms with E-state index in [-0.39, 0.29) is 23.0 Å². The fourth-order valence-corrected chi connectivity index (χ4v) is 3.60. The van der Waals surface area contributed by atoms with Gasteiger partial charge in [0.25, 0.3) is 0 Å². The molecular weight excluding hydrogens is 416 g/mol. The van der Waals surface area contributed by atoms with Crippen LogP contribution in [0.2, 0.25) is 0 Å². The smallest absolute Gasteiger partial charge is 0.200 e. The average Bonchev–Trinajstić information content (AvgIpc) is 2.77. The van der Waals surface area contributed by atoms with Gasteiger partial charge in [-0.15, -0.1) is 0 Å². The molecule has 0 unspecified atom stereocenters. The Hall–Kier alpha value is -3.94. The van der Waals surface area contributed by atoms with Gasteiger partial charge in [-0.2, -0.15) is 0 Å². The number of phenolic OH excluding ortho intramolecular Hbond substituents is 6. The van der Waals surface area contributed by atoms with Gasteiger partial charge in [-0.05, 0) is 78.3 Å². The molecule has 6 N–H and O–H groups in total. The van der Waals surface area contributed by atoms with Crippen molar-refractivity contribution in [2.45, 2.75) is 25.7 Å². The third-order valence-corrected chi connectivity index (χ3v) is 5.31. The second-order valence-corrected chi connectivity index (χ2v) is 7.44. The molecule has 0 aromatic heterocycles. The van der Waals surface area contributed by atoms with Crippen molar-refractivity contribution in [2.75, 3.05) is 14.2 Å². The first kappa shape index (κ1) is 22.7. The Labute approximate surface area is 185 Å². The Balaban J connectivity index is 1.83. The summed E-state index contributed by atoms with van der Waals surface area (Å²) in [5.74, 6) is -1.40. The summed E-state index contributed by atoms with van der Waals surface area (Å²) in [4.78, 5) is 0. The molecule has 0 aliphatic heterocycles. The number of phenols is 6. The minimum absolute atomic E-state index is 0.386. The first-order valence-electron chi connectivity index (χ1n) is 9.94. The number of hydrogen-bond donors (Lipinski definition) is 6. The van der Waals surface area contributed by atoms with Gasteiger partial charge in [0.05, 0.1) is 14.2 Å². The SMILES string of the molecule is COc1cc(OC)c(CCc2cc(O)c(O)c(O)c2)cc1CCc1cc(O)c(O)c(O)c1. The molecule has 0 saturated carbocycles. The number of aryl methyl sites for hydroxylation is 4. The molecule has 0 bridgehead atoms. The van der Waals surface area contributed by atoms with E-state index in [0.29, 0.717) is 48.3 Å². The zero-order valence-corrected chi connectivity index (χ0v) is 17.8. The molecule has 32 heavy (non-hydrogen) atoms. The van der Waals surface area contributed by atoms with Crippen molar-refractivity contribution in [2.24, 2.45) is 0 Å². The highest BCUT2D eigenvalue weighted by Gasteiger charge is 2.15. The predicted octanol–water partition coefficient (Wildman–Crippen LogP) is 3.51. The Morgan fingerprint density at radius 1 is 0.500 bits per heavy atom. The van der Waals surface area contributed by atoms with Crippen molar-refractivity contribution < 1.29 is 40.1 Å². The van der Waals surface area contributed by atoms with Crippen molar-refractivity contribution in [3.63, 3.8) is 0 Å². The van der Waals surface area contributed by atoms with Crippen molar-refractivity contribution >= 4 is 0 Å². The summed E-state index contributed by atoms with van der Waals surface area (Å²) in [6.07, 6.45) is 2.02. The highest BCUT2D eigenvalue weighted by molar-refractivity contribution is 5.53. The van der Waals surface area contributed by atoms with Crippen LogP contribution in [0.4, 0.5) is 0 Å². The summed E-state index contributed by atoms with van der Waals surface area (Å²) < 4.78 is 11.0. The molecule has 8 nitrogen and oxygen atoms in total. The Morgan fingerprint density at radius 2 is 0.844 bits per heavy atom. The lowest BCUT2D eigenvalue weighted by atomic mass is 9.97. The van der Waals surface area contributed by atoms with Crippen LogP contribution in [0.1, 0.15) is 22.3 Å². The first-order valence-corrected chi connectivity index (χ1v) is 9.94.